The highest BCUT2D eigenvalue weighted by molar-refractivity contribution is 7.07. The van der Waals surface area contributed by atoms with Crippen molar-refractivity contribution in [3.63, 3.8) is 0 Å². The van der Waals surface area contributed by atoms with E-state index in [4.69, 9.17) is 4.74 Å². The van der Waals surface area contributed by atoms with Gasteiger partial charge < -0.3 is 10.1 Å². The molecule has 0 saturated carbocycles. The van der Waals surface area contributed by atoms with E-state index < -0.39 is 23.8 Å². The van der Waals surface area contributed by atoms with E-state index in [2.05, 4.69) is 5.32 Å². The van der Waals surface area contributed by atoms with E-state index in [0.717, 1.165) is 17.4 Å². The molecule has 8 heteroatoms. The number of aromatic nitrogens is 1. The Morgan fingerprint density at radius 1 is 1.43 bits per heavy atom. The summed E-state index contributed by atoms with van der Waals surface area (Å²) < 4.78 is 19.3. The normalized spacial score (nSPS) is 11.8. The Bertz CT molecular complexity index is 784. The molecule has 6 nitrogen and oxygen atoms in total. The molecule has 2 aromatic rings. The maximum atomic E-state index is 13.0. The lowest BCUT2D eigenvalue weighted by Gasteiger charge is -2.14. The minimum Gasteiger partial charge on any atom is -0.451 e. The number of carbonyl (C=O) groups is 2. The van der Waals surface area contributed by atoms with E-state index in [0.29, 0.717) is 5.69 Å². The van der Waals surface area contributed by atoms with Crippen molar-refractivity contribution in [2.45, 2.75) is 26.5 Å². The molecule has 23 heavy (non-hydrogen) atoms. The maximum Gasteiger partial charge on any atom is 0.326 e. The largest absolute Gasteiger partial charge is 0.451 e. The van der Waals surface area contributed by atoms with Gasteiger partial charge in [-0.1, -0.05) is 17.4 Å². The zero-order valence-corrected chi connectivity index (χ0v) is 13.4. The van der Waals surface area contributed by atoms with Crippen LogP contribution < -0.4 is 10.2 Å². The molecule has 0 saturated heterocycles. The molecule has 0 fully saturated rings. The van der Waals surface area contributed by atoms with Gasteiger partial charge in [-0.05, 0) is 32.0 Å². The quantitative estimate of drug-likeness (QED) is 0.845. The van der Waals surface area contributed by atoms with Gasteiger partial charge in [-0.3, -0.25) is 19.0 Å². The number of hydrogen-bond donors (Lipinski definition) is 1. The molecule has 1 heterocycles. The van der Waals surface area contributed by atoms with E-state index in [-0.39, 0.29) is 17.1 Å². The third-order valence-corrected chi connectivity index (χ3v) is 3.91. The van der Waals surface area contributed by atoms with Crippen molar-refractivity contribution in [1.82, 2.24) is 4.57 Å². The molecule has 0 spiro atoms. The van der Waals surface area contributed by atoms with E-state index >= 15 is 0 Å². The minimum absolute atomic E-state index is 0.258. The van der Waals surface area contributed by atoms with Gasteiger partial charge in [0.25, 0.3) is 5.91 Å². The lowest BCUT2D eigenvalue weighted by atomic mass is 10.3. The van der Waals surface area contributed by atoms with Crippen LogP contribution in [0.4, 0.5) is 10.1 Å². The van der Waals surface area contributed by atoms with Crippen molar-refractivity contribution in [2.24, 2.45) is 0 Å². The first-order valence-electron chi connectivity index (χ1n) is 6.77. The number of esters is 1. The highest BCUT2D eigenvalue weighted by Gasteiger charge is 2.19. The third kappa shape index (κ3) is 4.49. The summed E-state index contributed by atoms with van der Waals surface area (Å²) in [6, 6.07) is 5.37. The Hall–Kier alpha value is -2.48. The van der Waals surface area contributed by atoms with Crippen molar-refractivity contribution in [2.75, 3.05) is 5.32 Å². The number of anilines is 1. The molecule has 1 amide bonds. The van der Waals surface area contributed by atoms with Crippen LogP contribution in [-0.4, -0.2) is 22.5 Å². The molecule has 1 atom stereocenters. The molecule has 1 aromatic heterocycles. The number of benzene rings is 1. The second kappa shape index (κ2) is 7.19. The smallest absolute Gasteiger partial charge is 0.326 e. The van der Waals surface area contributed by atoms with E-state index in [9.17, 15) is 18.8 Å². The first kappa shape index (κ1) is 16.9. The van der Waals surface area contributed by atoms with Crippen LogP contribution >= 0.6 is 11.3 Å². The number of ether oxygens (including phenoxy) is 1. The molecule has 1 N–H and O–H groups in total. The summed E-state index contributed by atoms with van der Waals surface area (Å²) in [5.74, 6) is -1.77. The lowest BCUT2D eigenvalue weighted by Crippen LogP contribution is -2.32. The van der Waals surface area contributed by atoms with E-state index in [1.54, 1.807) is 12.3 Å². The van der Waals surface area contributed by atoms with Crippen LogP contribution in [0.15, 0.2) is 34.4 Å². The maximum absolute atomic E-state index is 13.0. The van der Waals surface area contributed by atoms with Crippen LogP contribution in [0, 0.1) is 12.7 Å². The molecular formula is C15H15FN2O4S. The van der Waals surface area contributed by atoms with E-state index in [1.165, 1.54) is 29.7 Å². The second-order valence-electron chi connectivity index (χ2n) is 4.86. The summed E-state index contributed by atoms with van der Waals surface area (Å²) in [6.45, 7) is 2.84. The van der Waals surface area contributed by atoms with Gasteiger partial charge in [0, 0.05) is 16.8 Å². The SMILES string of the molecule is Cc1csc(=O)n1CC(=O)O[C@@H](C)C(=O)Nc1cccc(F)c1. The van der Waals surface area contributed by atoms with Crippen LogP contribution in [0.25, 0.3) is 0 Å². The Morgan fingerprint density at radius 2 is 2.17 bits per heavy atom. The Labute approximate surface area is 135 Å². The van der Waals surface area contributed by atoms with Gasteiger partial charge in [-0.15, -0.1) is 0 Å². The number of thiazole rings is 1. The highest BCUT2D eigenvalue weighted by Crippen LogP contribution is 2.10. The Kier molecular flexibility index (Phi) is 5.28. The Balaban J connectivity index is 1.93. The zero-order chi connectivity index (χ0) is 17.0. The number of nitrogens with one attached hydrogen (secondary N) is 1. The van der Waals surface area contributed by atoms with Crippen molar-refractivity contribution in [3.05, 3.63) is 50.8 Å². The van der Waals surface area contributed by atoms with Gasteiger partial charge in [-0.25, -0.2) is 4.39 Å². The number of halogens is 1. The zero-order valence-electron chi connectivity index (χ0n) is 12.5. The van der Waals surface area contributed by atoms with Gasteiger partial charge in [0.2, 0.25) is 0 Å². The fourth-order valence-electron chi connectivity index (χ4n) is 1.82. The summed E-state index contributed by atoms with van der Waals surface area (Å²) in [6.07, 6.45) is -1.07. The molecular weight excluding hydrogens is 323 g/mol. The molecule has 0 unspecified atom stereocenters. The van der Waals surface area contributed by atoms with E-state index in [1.807, 2.05) is 0 Å². The molecule has 0 aliphatic rings. The van der Waals surface area contributed by atoms with Gasteiger partial charge in [-0.2, -0.15) is 0 Å². The van der Waals surface area contributed by atoms with Crippen molar-refractivity contribution < 1.29 is 18.7 Å². The monoisotopic (exact) mass is 338 g/mol. The summed E-state index contributed by atoms with van der Waals surface area (Å²) in [5, 5.41) is 4.08. The number of carbonyl (C=O) groups excluding carboxylic acids is 2. The van der Waals surface area contributed by atoms with Gasteiger partial charge >= 0.3 is 10.8 Å². The lowest BCUT2D eigenvalue weighted by molar-refractivity contribution is -0.153. The summed E-state index contributed by atoms with van der Waals surface area (Å²) >= 11 is 0.986. The first-order valence-corrected chi connectivity index (χ1v) is 7.65. The average Bonchev–Trinajstić information content (AvgIpc) is 2.79. The van der Waals surface area contributed by atoms with Crippen LogP contribution in [0.5, 0.6) is 0 Å². The van der Waals surface area contributed by atoms with Crippen LogP contribution in [0.2, 0.25) is 0 Å². The Morgan fingerprint density at radius 3 is 2.78 bits per heavy atom. The predicted molar refractivity (Wildman–Crippen MR) is 83.9 cm³/mol. The second-order valence-corrected chi connectivity index (χ2v) is 5.68. The highest BCUT2D eigenvalue weighted by atomic mass is 32.1. The minimum atomic E-state index is -1.07. The summed E-state index contributed by atoms with van der Waals surface area (Å²) in [5.41, 5.74) is 0.914. The molecule has 0 aliphatic carbocycles. The first-order chi connectivity index (χ1) is 10.9. The topological polar surface area (TPSA) is 77.4 Å². The van der Waals surface area contributed by atoms with Crippen molar-refractivity contribution in [3.8, 4) is 0 Å². The third-order valence-electron chi connectivity index (χ3n) is 3.03. The fraction of sp³-hybridized carbons (Fsp3) is 0.267. The summed E-state index contributed by atoms with van der Waals surface area (Å²) in [7, 11) is 0. The van der Waals surface area contributed by atoms with Crippen LogP contribution in [0.3, 0.4) is 0 Å². The predicted octanol–water partition coefficient (Wildman–Crippen LogP) is 1.93. The van der Waals surface area contributed by atoms with Gasteiger partial charge in [0.1, 0.15) is 12.4 Å². The van der Waals surface area contributed by atoms with Crippen molar-refractivity contribution in [1.29, 1.82) is 0 Å². The number of amides is 1. The van der Waals surface area contributed by atoms with Crippen LogP contribution in [0.1, 0.15) is 12.6 Å². The van der Waals surface area contributed by atoms with Gasteiger partial charge in [0.05, 0.1) is 0 Å². The molecule has 0 bridgehead atoms. The number of hydrogen-bond acceptors (Lipinski definition) is 5. The molecule has 0 aliphatic heterocycles. The average molecular weight is 338 g/mol. The number of rotatable bonds is 5. The number of aryl methyl sites for hydroxylation is 1. The van der Waals surface area contributed by atoms with Crippen LogP contribution in [-0.2, 0) is 20.9 Å². The standard InChI is InChI=1S/C15H15FN2O4S/c1-9-8-23-15(21)18(9)7-13(19)22-10(2)14(20)17-12-5-3-4-11(16)6-12/h3-6,8,10H,7H2,1-2H3,(H,17,20)/t10-/m0/s1. The molecule has 122 valence electrons. The van der Waals surface area contributed by atoms with Gasteiger partial charge in [0.15, 0.2) is 6.10 Å². The molecule has 1 aromatic carbocycles. The molecule has 2 rings (SSSR count). The van der Waals surface area contributed by atoms with Crippen molar-refractivity contribution >= 4 is 28.9 Å². The molecule has 0 radical (unpaired) electrons. The fourth-order valence-corrected chi connectivity index (χ4v) is 2.56. The summed E-state index contributed by atoms with van der Waals surface area (Å²) in [4.78, 5) is 35.0. The number of nitrogens with zero attached hydrogens (tertiary/aromatic N) is 1.